The fourth-order valence-electron chi connectivity index (χ4n) is 3.59. The minimum Gasteiger partial charge on any atom is -0.346 e. The first kappa shape index (κ1) is 21.1. The van der Waals surface area contributed by atoms with Gasteiger partial charge in [0.1, 0.15) is 5.69 Å². The van der Waals surface area contributed by atoms with Crippen LogP contribution in [0.1, 0.15) is 48.2 Å². The minimum atomic E-state index is -0.271. The standard InChI is InChI=1S/C20H26N4O2.ClH/c21-13-18(16-9-5-2-6-10-16)22-20(26)17-11-12-19(25)24(23-17)14-15-7-3-1-4-8-15;/h1,3-4,7-8,11-12,16,18H,2,5-6,9-10,13-14,21H2,(H,22,26);1H. The van der Waals surface area contributed by atoms with Crippen LogP contribution in [0.3, 0.4) is 0 Å². The highest BCUT2D eigenvalue weighted by Crippen LogP contribution is 2.26. The average molecular weight is 391 g/mol. The summed E-state index contributed by atoms with van der Waals surface area (Å²) >= 11 is 0. The molecule has 146 valence electrons. The minimum absolute atomic E-state index is 0. The molecule has 1 aliphatic rings. The Kier molecular flexibility index (Phi) is 8.00. The second kappa shape index (κ2) is 10.2. The zero-order valence-corrected chi connectivity index (χ0v) is 16.2. The number of hydrogen-bond donors (Lipinski definition) is 2. The van der Waals surface area contributed by atoms with Crippen LogP contribution < -0.4 is 16.6 Å². The number of benzene rings is 1. The molecule has 1 aromatic heterocycles. The smallest absolute Gasteiger partial charge is 0.271 e. The Balaban J connectivity index is 0.00000261. The number of nitrogens with one attached hydrogen (secondary N) is 1. The molecule has 0 spiro atoms. The van der Waals surface area contributed by atoms with Gasteiger partial charge in [-0.05, 0) is 30.4 Å². The molecule has 6 nitrogen and oxygen atoms in total. The van der Waals surface area contributed by atoms with Crippen LogP contribution in [0.2, 0.25) is 0 Å². The zero-order valence-electron chi connectivity index (χ0n) is 15.3. The van der Waals surface area contributed by atoms with Gasteiger partial charge in [-0.1, -0.05) is 49.6 Å². The molecule has 27 heavy (non-hydrogen) atoms. The maximum atomic E-state index is 12.6. The van der Waals surface area contributed by atoms with Crippen molar-refractivity contribution in [3.63, 3.8) is 0 Å². The fraction of sp³-hybridized carbons (Fsp3) is 0.450. The maximum Gasteiger partial charge on any atom is 0.271 e. The molecule has 1 aliphatic carbocycles. The van der Waals surface area contributed by atoms with Gasteiger partial charge in [-0.3, -0.25) is 9.59 Å². The third-order valence-electron chi connectivity index (χ3n) is 5.06. The lowest BCUT2D eigenvalue weighted by Crippen LogP contribution is -2.46. The van der Waals surface area contributed by atoms with Crippen molar-refractivity contribution in [2.45, 2.75) is 44.7 Å². The Morgan fingerprint density at radius 3 is 2.52 bits per heavy atom. The molecule has 1 unspecified atom stereocenters. The highest BCUT2D eigenvalue weighted by atomic mass is 35.5. The second-order valence-corrected chi connectivity index (χ2v) is 6.91. The number of rotatable bonds is 6. The quantitative estimate of drug-likeness (QED) is 0.792. The first-order valence-electron chi connectivity index (χ1n) is 9.30. The molecule has 0 bridgehead atoms. The van der Waals surface area contributed by atoms with Gasteiger partial charge in [0.05, 0.1) is 6.54 Å². The van der Waals surface area contributed by atoms with Crippen LogP contribution in [0.4, 0.5) is 0 Å². The van der Waals surface area contributed by atoms with Crippen molar-refractivity contribution >= 4 is 18.3 Å². The van der Waals surface area contributed by atoms with E-state index >= 15 is 0 Å². The van der Waals surface area contributed by atoms with E-state index in [0.29, 0.717) is 19.0 Å². The largest absolute Gasteiger partial charge is 0.346 e. The van der Waals surface area contributed by atoms with Gasteiger partial charge in [0.25, 0.3) is 11.5 Å². The first-order chi connectivity index (χ1) is 12.7. The van der Waals surface area contributed by atoms with E-state index in [1.165, 1.54) is 36.1 Å². The zero-order chi connectivity index (χ0) is 18.4. The van der Waals surface area contributed by atoms with Crippen molar-refractivity contribution < 1.29 is 4.79 Å². The van der Waals surface area contributed by atoms with E-state index in [2.05, 4.69) is 10.4 Å². The summed E-state index contributed by atoms with van der Waals surface area (Å²) in [5.74, 6) is 0.153. The van der Waals surface area contributed by atoms with E-state index in [-0.39, 0.29) is 35.6 Å². The molecule has 1 aromatic carbocycles. The van der Waals surface area contributed by atoms with Gasteiger partial charge in [0.2, 0.25) is 0 Å². The lowest BCUT2D eigenvalue weighted by atomic mass is 9.84. The Hall–Kier alpha value is -2.18. The average Bonchev–Trinajstić information content (AvgIpc) is 2.69. The Labute approximate surface area is 165 Å². The SMILES string of the molecule is Cl.NCC(NC(=O)c1ccc(=O)n(Cc2ccccc2)n1)C1CCCCC1. The van der Waals surface area contributed by atoms with E-state index < -0.39 is 0 Å². The van der Waals surface area contributed by atoms with Crippen LogP contribution in [0, 0.1) is 5.92 Å². The topological polar surface area (TPSA) is 90.0 Å². The Morgan fingerprint density at radius 2 is 1.85 bits per heavy atom. The molecule has 1 amide bonds. The summed E-state index contributed by atoms with van der Waals surface area (Å²) in [6.07, 6.45) is 5.84. The summed E-state index contributed by atoms with van der Waals surface area (Å²) in [5, 5.41) is 7.27. The number of carbonyl (C=O) groups excluding carboxylic acids is 1. The third kappa shape index (κ3) is 5.65. The molecule has 0 saturated heterocycles. The summed E-state index contributed by atoms with van der Waals surface area (Å²) in [6, 6.07) is 12.4. The number of aromatic nitrogens is 2. The number of halogens is 1. The predicted octanol–water partition coefficient (Wildman–Crippen LogP) is 2.35. The molecule has 2 aromatic rings. The first-order valence-corrected chi connectivity index (χ1v) is 9.30. The van der Waals surface area contributed by atoms with Crippen molar-refractivity contribution in [1.82, 2.24) is 15.1 Å². The fourth-order valence-corrected chi connectivity index (χ4v) is 3.59. The van der Waals surface area contributed by atoms with Crippen molar-refractivity contribution in [3.8, 4) is 0 Å². The lowest BCUT2D eigenvalue weighted by Gasteiger charge is -2.29. The molecule has 0 radical (unpaired) electrons. The Morgan fingerprint density at radius 1 is 1.15 bits per heavy atom. The van der Waals surface area contributed by atoms with Gasteiger partial charge < -0.3 is 11.1 Å². The van der Waals surface area contributed by atoms with E-state index in [0.717, 1.165) is 18.4 Å². The Bertz CT molecular complexity index is 788. The maximum absolute atomic E-state index is 12.6. The van der Waals surface area contributed by atoms with Gasteiger partial charge in [-0.25, -0.2) is 4.68 Å². The van der Waals surface area contributed by atoms with Crippen LogP contribution >= 0.6 is 12.4 Å². The molecule has 0 aliphatic heterocycles. The lowest BCUT2D eigenvalue weighted by molar-refractivity contribution is 0.0908. The molecule has 7 heteroatoms. The number of nitrogens with zero attached hydrogens (tertiary/aromatic N) is 2. The van der Waals surface area contributed by atoms with Crippen molar-refractivity contribution in [1.29, 1.82) is 0 Å². The van der Waals surface area contributed by atoms with Gasteiger partial charge in [-0.2, -0.15) is 5.10 Å². The molecule has 1 atom stereocenters. The monoisotopic (exact) mass is 390 g/mol. The molecular formula is C20H27ClN4O2. The molecule has 1 fully saturated rings. The number of amides is 1. The molecular weight excluding hydrogens is 364 g/mol. The highest BCUT2D eigenvalue weighted by molar-refractivity contribution is 5.92. The van der Waals surface area contributed by atoms with Crippen molar-refractivity contribution in [3.05, 3.63) is 64.1 Å². The van der Waals surface area contributed by atoms with E-state index in [9.17, 15) is 9.59 Å². The van der Waals surface area contributed by atoms with Gasteiger partial charge in [0, 0.05) is 18.7 Å². The predicted molar refractivity (Wildman–Crippen MR) is 108 cm³/mol. The van der Waals surface area contributed by atoms with E-state index in [4.69, 9.17) is 5.73 Å². The van der Waals surface area contributed by atoms with Crippen LogP contribution in [-0.2, 0) is 6.54 Å². The molecule has 3 rings (SSSR count). The molecule has 1 heterocycles. The van der Waals surface area contributed by atoms with Gasteiger partial charge >= 0.3 is 0 Å². The van der Waals surface area contributed by atoms with E-state index in [1.54, 1.807) is 0 Å². The summed E-state index contributed by atoms with van der Waals surface area (Å²) in [4.78, 5) is 24.7. The normalized spacial score (nSPS) is 15.6. The summed E-state index contributed by atoms with van der Waals surface area (Å²) < 4.78 is 1.32. The number of carbonyl (C=O) groups is 1. The van der Waals surface area contributed by atoms with Crippen molar-refractivity contribution in [2.75, 3.05) is 6.54 Å². The van der Waals surface area contributed by atoms with Crippen LogP contribution in [-0.4, -0.2) is 28.3 Å². The van der Waals surface area contributed by atoms with Crippen LogP contribution in [0.5, 0.6) is 0 Å². The number of hydrogen-bond acceptors (Lipinski definition) is 4. The van der Waals surface area contributed by atoms with Crippen molar-refractivity contribution in [2.24, 2.45) is 11.7 Å². The van der Waals surface area contributed by atoms with Crippen LogP contribution in [0.15, 0.2) is 47.3 Å². The summed E-state index contributed by atoms with van der Waals surface area (Å²) in [6.45, 7) is 0.754. The third-order valence-corrected chi connectivity index (χ3v) is 5.06. The van der Waals surface area contributed by atoms with Gasteiger partial charge in [-0.15, -0.1) is 12.4 Å². The molecule has 3 N–H and O–H groups in total. The van der Waals surface area contributed by atoms with Gasteiger partial charge in [0.15, 0.2) is 0 Å². The van der Waals surface area contributed by atoms with Crippen LogP contribution in [0.25, 0.3) is 0 Å². The number of nitrogens with two attached hydrogens (primary N) is 1. The second-order valence-electron chi connectivity index (χ2n) is 6.91. The highest BCUT2D eigenvalue weighted by Gasteiger charge is 2.25. The summed E-state index contributed by atoms with van der Waals surface area (Å²) in [7, 11) is 0. The van der Waals surface area contributed by atoms with E-state index in [1.807, 2.05) is 30.3 Å². The molecule has 1 saturated carbocycles. The summed E-state index contributed by atoms with van der Waals surface area (Å²) in [5.41, 5.74) is 6.87.